The summed E-state index contributed by atoms with van der Waals surface area (Å²) in [5.74, 6) is -0.894. The smallest absolute Gasteiger partial charge is 0.327 e. The number of carboxylic acids is 1. The van der Waals surface area contributed by atoms with Gasteiger partial charge in [-0.1, -0.05) is 30.3 Å². The van der Waals surface area contributed by atoms with E-state index in [0.29, 0.717) is 6.42 Å². The first-order chi connectivity index (χ1) is 8.49. The van der Waals surface area contributed by atoms with Crippen LogP contribution in [-0.4, -0.2) is 24.3 Å². The third-order valence-electron chi connectivity index (χ3n) is 2.17. The van der Waals surface area contributed by atoms with Gasteiger partial charge in [0.15, 0.2) is 0 Å². The molecule has 0 aliphatic heterocycles. The zero-order chi connectivity index (χ0) is 13.4. The van der Waals surface area contributed by atoms with Crippen molar-refractivity contribution < 1.29 is 23.5 Å². The number of aliphatic carboxylic acids is 1. The molecule has 0 saturated heterocycles. The Hall–Kier alpha value is -1.16. The van der Waals surface area contributed by atoms with Gasteiger partial charge in [0.1, 0.15) is 0 Å². The van der Waals surface area contributed by atoms with E-state index < -0.39 is 13.6 Å². The Morgan fingerprint density at radius 1 is 1.28 bits per heavy atom. The number of carboxylic acid groups (broad SMARTS) is 1. The van der Waals surface area contributed by atoms with Crippen LogP contribution in [-0.2, 0) is 25.0 Å². The van der Waals surface area contributed by atoms with Crippen LogP contribution in [0.15, 0.2) is 30.3 Å². The lowest BCUT2D eigenvalue weighted by Gasteiger charge is -2.13. The van der Waals surface area contributed by atoms with Gasteiger partial charge in [0.05, 0.1) is 13.2 Å². The highest BCUT2D eigenvalue weighted by molar-refractivity contribution is 7.52. The first kappa shape index (κ1) is 14.9. The molecule has 0 amide bonds. The summed E-state index contributed by atoms with van der Waals surface area (Å²) in [6.07, 6.45) is 0.320. The van der Waals surface area contributed by atoms with Crippen molar-refractivity contribution in [1.82, 2.24) is 0 Å². The van der Waals surface area contributed by atoms with Crippen molar-refractivity contribution in [3.8, 4) is 0 Å². The fourth-order valence-corrected chi connectivity index (χ4v) is 2.18. The Labute approximate surface area is 106 Å². The average molecular weight is 272 g/mol. The molecule has 1 aromatic rings. The van der Waals surface area contributed by atoms with Crippen LogP contribution in [0, 0.1) is 0 Å². The Bertz CT molecular complexity index is 418. The quantitative estimate of drug-likeness (QED) is 0.582. The summed E-state index contributed by atoms with van der Waals surface area (Å²) in [6.45, 7) is 1.72. The average Bonchev–Trinajstić information content (AvgIpc) is 2.34. The molecule has 0 fully saturated rings. The lowest BCUT2D eigenvalue weighted by atomic mass is 10.2. The molecule has 6 heteroatoms. The van der Waals surface area contributed by atoms with E-state index in [1.807, 2.05) is 30.3 Å². The number of carbonyl (C=O) groups is 1. The van der Waals surface area contributed by atoms with Crippen LogP contribution in [0.3, 0.4) is 0 Å². The summed E-state index contributed by atoms with van der Waals surface area (Å²) in [5.41, 5.74) is 0.911. The van der Waals surface area contributed by atoms with Gasteiger partial charge in [-0.3, -0.25) is 9.36 Å². The molecule has 0 bridgehead atoms. The third kappa shape index (κ3) is 6.55. The summed E-state index contributed by atoms with van der Waals surface area (Å²) in [4.78, 5) is 10.3. The second-order valence-corrected chi connectivity index (χ2v) is 5.92. The predicted octanol–water partition coefficient (Wildman–Crippen LogP) is 2.91. The maximum atomic E-state index is 11.8. The maximum absolute atomic E-state index is 11.8. The molecular weight excluding hydrogens is 255 g/mol. The van der Waals surface area contributed by atoms with Crippen LogP contribution in [0.5, 0.6) is 0 Å². The van der Waals surface area contributed by atoms with Gasteiger partial charge in [0.25, 0.3) is 0 Å². The SMILES string of the molecule is CP(=O)(OCCCC(=O)O)OCc1ccccc1. The molecule has 1 rings (SSSR count). The van der Waals surface area contributed by atoms with E-state index in [2.05, 4.69) is 0 Å². The van der Waals surface area contributed by atoms with Crippen molar-refractivity contribution in [3.05, 3.63) is 35.9 Å². The van der Waals surface area contributed by atoms with Gasteiger partial charge in [0.2, 0.25) is 0 Å². The molecule has 0 heterocycles. The third-order valence-corrected chi connectivity index (χ3v) is 3.42. The zero-order valence-electron chi connectivity index (χ0n) is 10.2. The summed E-state index contributed by atoms with van der Waals surface area (Å²) in [6, 6.07) is 9.35. The molecule has 0 saturated carbocycles. The fourth-order valence-electron chi connectivity index (χ4n) is 1.26. The molecule has 0 aliphatic carbocycles. The predicted molar refractivity (Wildman–Crippen MR) is 67.6 cm³/mol. The van der Waals surface area contributed by atoms with Crippen molar-refractivity contribution in [3.63, 3.8) is 0 Å². The van der Waals surface area contributed by atoms with E-state index in [4.69, 9.17) is 14.2 Å². The summed E-state index contributed by atoms with van der Waals surface area (Å²) >= 11 is 0. The molecule has 0 aromatic heterocycles. The fraction of sp³-hybridized carbons (Fsp3) is 0.417. The second-order valence-electron chi connectivity index (χ2n) is 3.86. The Morgan fingerprint density at radius 3 is 2.56 bits per heavy atom. The molecule has 1 unspecified atom stereocenters. The Kier molecular flexibility index (Phi) is 6.05. The second kappa shape index (κ2) is 7.31. The topological polar surface area (TPSA) is 72.8 Å². The van der Waals surface area contributed by atoms with Crippen molar-refractivity contribution in [2.45, 2.75) is 19.4 Å². The molecule has 0 aliphatic rings. The number of hydrogen-bond acceptors (Lipinski definition) is 4. The zero-order valence-corrected chi connectivity index (χ0v) is 11.1. The monoisotopic (exact) mass is 272 g/mol. The minimum absolute atomic E-state index is 0.00130. The van der Waals surface area contributed by atoms with E-state index in [0.717, 1.165) is 5.56 Å². The number of benzene rings is 1. The standard InChI is InChI=1S/C12H17O5P/c1-18(15,16-9-5-8-12(13)14)17-10-11-6-3-2-4-7-11/h2-4,6-7H,5,8-10H2,1H3,(H,13,14). The van der Waals surface area contributed by atoms with Crippen LogP contribution in [0.4, 0.5) is 0 Å². The van der Waals surface area contributed by atoms with Gasteiger partial charge < -0.3 is 14.2 Å². The lowest BCUT2D eigenvalue weighted by molar-refractivity contribution is -0.137. The largest absolute Gasteiger partial charge is 0.481 e. The Morgan fingerprint density at radius 2 is 1.94 bits per heavy atom. The van der Waals surface area contributed by atoms with Crippen molar-refractivity contribution >= 4 is 13.6 Å². The van der Waals surface area contributed by atoms with E-state index in [1.54, 1.807) is 0 Å². The van der Waals surface area contributed by atoms with Crippen LogP contribution < -0.4 is 0 Å². The lowest BCUT2D eigenvalue weighted by Crippen LogP contribution is -2.00. The minimum Gasteiger partial charge on any atom is -0.481 e. The van der Waals surface area contributed by atoms with E-state index in [1.165, 1.54) is 6.66 Å². The first-order valence-corrected chi connectivity index (χ1v) is 7.61. The highest BCUT2D eigenvalue weighted by Crippen LogP contribution is 2.44. The number of hydrogen-bond donors (Lipinski definition) is 1. The summed E-state index contributed by atoms with van der Waals surface area (Å²) < 4.78 is 22.1. The molecule has 1 atom stereocenters. The van der Waals surface area contributed by atoms with Crippen LogP contribution in [0.1, 0.15) is 18.4 Å². The van der Waals surface area contributed by atoms with Gasteiger partial charge in [-0.15, -0.1) is 0 Å². The van der Waals surface area contributed by atoms with Crippen LogP contribution in [0.2, 0.25) is 0 Å². The summed E-state index contributed by atoms with van der Waals surface area (Å²) in [7, 11) is -3.11. The van der Waals surface area contributed by atoms with E-state index in [-0.39, 0.29) is 19.6 Å². The Balaban J connectivity index is 2.27. The van der Waals surface area contributed by atoms with Crippen LogP contribution in [0.25, 0.3) is 0 Å². The molecule has 5 nitrogen and oxygen atoms in total. The van der Waals surface area contributed by atoms with Crippen molar-refractivity contribution in [1.29, 1.82) is 0 Å². The molecular formula is C12H17O5P. The van der Waals surface area contributed by atoms with E-state index in [9.17, 15) is 9.36 Å². The van der Waals surface area contributed by atoms with Gasteiger partial charge in [-0.2, -0.15) is 0 Å². The molecule has 100 valence electrons. The minimum atomic E-state index is -3.11. The highest BCUT2D eigenvalue weighted by atomic mass is 31.2. The van der Waals surface area contributed by atoms with Crippen molar-refractivity contribution in [2.24, 2.45) is 0 Å². The van der Waals surface area contributed by atoms with E-state index >= 15 is 0 Å². The molecule has 0 radical (unpaired) electrons. The van der Waals surface area contributed by atoms with Gasteiger partial charge in [0, 0.05) is 13.1 Å². The van der Waals surface area contributed by atoms with Crippen LogP contribution >= 0.6 is 7.60 Å². The van der Waals surface area contributed by atoms with Gasteiger partial charge in [-0.25, -0.2) is 0 Å². The summed E-state index contributed by atoms with van der Waals surface area (Å²) in [5, 5.41) is 8.44. The molecule has 1 aromatic carbocycles. The van der Waals surface area contributed by atoms with Gasteiger partial charge in [-0.05, 0) is 12.0 Å². The number of rotatable bonds is 8. The molecule has 18 heavy (non-hydrogen) atoms. The molecule has 1 N–H and O–H groups in total. The normalized spacial score (nSPS) is 14.1. The van der Waals surface area contributed by atoms with Crippen molar-refractivity contribution in [2.75, 3.05) is 13.3 Å². The highest BCUT2D eigenvalue weighted by Gasteiger charge is 2.16. The maximum Gasteiger partial charge on any atom is 0.327 e. The first-order valence-electron chi connectivity index (χ1n) is 5.62. The van der Waals surface area contributed by atoms with Gasteiger partial charge >= 0.3 is 13.6 Å². The molecule has 0 spiro atoms.